The Hall–Kier alpha value is -1.84. The first-order chi connectivity index (χ1) is 12.2. The molecule has 1 saturated heterocycles. The first kappa shape index (κ1) is 18.9. The standard InChI is InChI=1S/C17H22N4O3S2/c1-11-4-5-13(12(2)10-11)14-20-21-16(25-14)19-15(22)17(26(3,23)24)6-8-18-9-7-17/h4-5,10,18H,6-9H2,1-3H3,(H,19,21,22). The van der Waals surface area contributed by atoms with Gasteiger partial charge in [0.2, 0.25) is 11.0 Å². The summed E-state index contributed by atoms with van der Waals surface area (Å²) >= 11 is 1.24. The number of anilines is 1. The third-order valence-electron chi connectivity index (χ3n) is 4.79. The van der Waals surface area contributed by atoms with Gasteiger partial charge in [-0.2, -0.15) is 0 Å². The second-order valence-corrected chi connectivity index (χ2v) is 10.0. The van der Waals surface area contributed by atoms with Crippen LogP contribution in [-0.2, 0) is 14.6 Å². The third-order valence-corrected chi connectivity index (χ3v) is 7.68. The minimum Gasteiger partial charge on any atom is -0.317 e. The zero-order chi connectivity index (χ0) is 18.9. The number of amides is 1. The molecule has 1 aliphatic rings. The molecule has 1 amide bonds. The van der Waals surface area contributed by atoms with E-state index in [1.807, 2.05) is 26.0 Å². The van der Waals surface area contributed by atoms with Crippen molar-refractivity contribution in [2.75, 3.05) is 24.7 Å². The Balaban J connectivity index is 1.85. The lowest BCUT2D eigenvalue weighted by molar-refractivity contribution is -0.119. The number of nitrogens with zero attached hydrogens (tertiary/aromatic N) is 2. The minimum atomic E-state index is -3.56. The fourth-order valence-corrected chi connectivity index (χ4v) is 5.41. The Kier molecular flexibility index (Phi) is 5.14. The van der Waals surface area contributed by atoms with Gasteiger partial charge in [0.15, 0.2) is 14.6 Å². The van der Waals surface area contributed by atoms with Crippen LogP contribution in [0, 0.1) is 13.8 Å². The number of aromatic nitrogens is 2. The van der Waals surface area contributed by atoms with Crippen molar-refractivity contribution in [3.63, 3.8) is 0 Å². The van der Waals surface area contributed by atoms with Crippen molar-refractivity contribution in [2.45, 2.75) is 31.4 Å². The lowest BCUT2D eigenvalue weighted by atomic mass is 9.96. The molecule has 26 heavy (non-hydrogen) atoms. The molecule has 0 saturated carbocycles. The van der Waals surface area contributed by atoms with E-state index in [9.17, 15) is 13.2 Å². The van der Waals surface area contributed by atoms with Gasteiger partial charge in [0.25, 0.3) is 0 Å². The van der Waals surface area contributed by atoms with Crippen LogP contribution in [0.1, 0.15) is 24.0 Å². The van der Waals surface area contributed by atoms with Crippen LogP contribution in [0.4, 0.5) is 5.13 Å². The average Bonchev–Trinajstić information content (AvgIpc) is 3.02. The molecule has 0 spiro atoms. The number of benzene rings is 1. The summed E-state index contributed by atoms with van der Waals surface area (Å²) in [6.07, 6.45) is 1.62. The van der Waals surface area contributed by atoms with Gasteiger partial charge in [0.05, 0.1) is 0 Å². The molecule has 140 valence electrons. The van der Waals surface area contributed by atoms with Crippen molar-refractivity contribution in [3.8, 4) is 10.6 Å². The van der Waals surface area contributed by atoms with Gasteiger partial charge in [-0.15, -0.1) is 10.2 Å². The largest absolute Gasteiger partial charge is 0.317 e. The molecular formula is C17H22N4O3S2. The predicted molar refractivity (Wildman–Crippen MR) is 103 cm³/mol. The third kappa shape index (κ3) is 3.51. The van der Waals surface area contributed by atoms with E-state index in [-0.39, 0.29) is 12.8 Å². The van der Waals surface area contributed by atoms with E-state index in [0.29, 0.717) is 23.2 Å². The van der Waals surface area contributed by atoms with Gasteiger partial charge < -0.3 is 5.32 Å². The van der Waals surface area contributed by atoms with Gasteiger partial charge in [0.1, 0.15) is 5.01 Å². The van der Waals surface area contributed by atoms with E-state index in [4.69, 9.17) is 0 Å². The summed E-state index contributed by atoms with van der Waals surface area (Å²) in [7, 11) is -3.56. The lowest BCUT2D eigenvalue weighted by Gasteiger charge is -2.33. The molecule has 1 aromatic heterocycles. The summed E-state index contributed by atoms with van der Waals surface area (Å²) in [6.45, 7) is 5.00. The molecule has 0 unspecified atom stereocenters. The van der Waals surface area contributed by atoms with Crippen molar-refractivity contribution in [1.29, 1.82) is 0 Å². The highest BCUT2D eigenvalue weighted by molar-refractivity contribution is 7.92. The summed E-state index contributed by atoms with van der Waals surface area (Å²) in [4.78, 5) is 12.8. The summed E-state index contributed by atoms with van der Waals surface area (Å²) in [5.74, 6) is -0.523. The van der Waals surface area contributed by atoms with Gasteiger partial charge in [-0.3, -0.25) is 10.1 Å². The quantitative estimate of drug-likeness (QED) is 0.822. The number of piperidine rings is 1. The van der Waals surface area contributed by atoms with Crippen LogP contribution < -0.4 is 10.6 Å². The first-order valence-corrected chi connectivity index (χ1v) is 11.1. The molecule has 0 bridgehead atoms. The van der Waals surface area contributed by atoms with Crippen molar-refractivity contribution in [1.82, 2.24) is 15.5 Å². The van der Waals surface area contributed by atoms with E-state index < -0.39 is 20.5 Å². The van der Waals surface area contributed by atoms with Crippen molar-refractivity contribution >= 4 is 32.2 Å². The Morgan fingerprint density at radius 3 is 2.54 bits per heavy atom. The van der Waals surface area contributed by atoms with Crippen molar-refractivity contribution in [2.24, 2.45) is 0 Å². The maximum absolute atomic E-state index is 12.8. The Labute approximate surface area is 157 Å². The van der Waals surface area contributed by atoms with Gasteiger partial charge in [0, 0.05) is 11.8 Å². The Morgan fingerprint density at radius 1 is 1.23 bits per heavy atom. The van der Waals surface area contributed by atoms with Crippen LogP contribution in [0.5, 0.6) is 0 Å². The number of rotatable bonds is 4. The SMILES string of the molecule is Cc1ccc(-c2nnc(NC(=O)C3(S(C)(=O)=O)CCNCC3)s2)c(C)c1. The maximum Gasteiger partial charge on any atom is 0.247 e. The highest BCUT2D eigenvalue weighted by atomic mass is 32.2. The molecule has 9 heteroatoms. The molecule has 0 aliphatic carbocycles. The molecule has 0 radical (unpaired) electrons. The first-order valence-electron chi connectivity index (χ1n) is 8.36. The molecule has 2 aromatic rings. The molecule has 2 N–H and O–H groups in total. The van der Waals surface area contributed by atoms with Crippen LogP contribution in [0.3, 0.4) is 0 Å². The van der Waals surface area contributed by atoms with E-state index in [0.717, 1.165) is 22.9 Å². The highest BCUT2D eigenvalue weighted by Gasteiger charge is 2.48. The second-order valence-electron chi connectivity index (χ2n) is 6.70. The number of nitrogens with one attached hydrogen (secondary N) is 2. The fraction of sp³-hybridized carbons (Fsp3) is 0.471. The zero-order valence-electron chi connectivity index (χ0n) is 15.0. The van der Waals surface area contributed by atoms with E-state index >= 15 is 0 Å². The van der Waals surface area contributed by atoms with Crippen LogP contribution in [0.2, 0.25) is 0 Å². The summed E-state index contributed by atoms with van der Waals surface area (Å²) in [5.41, 5.74) is 3.18. The summed E-state index contributed by atoms with van der Waals surface area (Å²) in [5, 5.41) is 15.0. The van der Waals surface area contributed by atoms with Gasteiger partial charge in [-0.25, -0.2) is 8.42 Å². The smallest absolute Gasteiger partial charge is 0.247 e. The molecule has 1 fully saturated rings. The van der Waals surface area contributed by atoms with Crippen LogP contribution in [-0.4, -0.2) is 48.6 Å². The van der Waals surface area contributed by atoms with E-state index in [1.54, 1.807) is 0 Å². The summed E-state index contributed by atoms with van der Waals surface area (Å²) in [6, 6.07) is 6.03. The number of carbonyl (C=O) groups is 1. The predicted octanol–water partition coefficient (Wildman–Crippen LogP) is 1.93. The molecule has 1 aliphatic heterocycles. The number of sulfone groups is 1. The number of hydrogen-bond donors (Lipinski definition) is 2. The van der Waals surface area contributed by atoms with Gasteiger partial charge >= 0.3 is 0 Å². The Morgan fingerprint density at radius 2 is 1.92 bits per heavy atom. The second kappa shape index (κ2) is 7.05. The molecule has 2 heterocycles. The molecule has 0 atom stereocenters. The summed E-state index contributed by atoms with van der Waals surface area (Å²) < 4.78 is 23.2. The van der Waals surface area contributed by atoms with Crippen LogP contribution in [0.25, 0.3) is 10.6 Å². The van der Waals surface area contributed by atoms with Gasteiger partial charge in [-0.05, 0) is 45.3 Å². The number of hydrogen-bond acceptors (Lipinski definition) is 7. The van der Waals surface area contributed by atoms with Crippen LogP contribution in [0.15, 0.2) is 18.2 Å². The Bertz CT molecular complexity index is 931. The molecule has 3 rings (SSSR count). The normalized spacial score (nSPS) is 17.0. The highest BCUT2D eigenvalue weighted by Crippen LogP contribution is 2.32. The fourth-order valence-electron chi connectivity index (χ4n) is 3.24. The molecule has 7 nitrogen and oxygen atoms in total. The van der Waals surface area contributed by atoms with Crippen molar-refractivity contribution < 1.29 is 13.2 Å². The van der Waals surface area contributed by atoms with Crippen LogP contribution >= 0.6 is 11.3 Å². The van der Waals surface area contributed by atoms with Gasteiger partial charge in [-0.1, -0.05) is 35.1 Å². The number of aryl methyl sites for hydroxylation is 2. The monoisotopic (exact) mass is 394 g/mol. The van der Waals surface area contributed by atoms with Crippen molar-refractivity contribution in [3.05, 3.63) is 29.3 Å². The zero-order valence-corrected chi connectivity index (χ0v) is 16.6. The van der Waals surface area contributed by atoms with E-state index in [2.05, 4.69) is 26.9 Å². The maximum atomic E-state index is 12.8. The molecule has 1 aromatic carbocycles. The average molecular weight is 395 g/mol. The topological polar surface area (TPSA) is 101 Å². The van der Waals surface area contributed by atoms with E-state index in [1.165, 1.54) is 11.3 Å². The lowest BCUT2D eigenvalue weighted by Crippen LogP contribution is -2.55. The number of carbonyl (C=O) groups excluding carboxylic acids is 1. The molecular weight excluding hydrogens is 372 g/mol. The minimum absolute atomic E-state index is 0.250.